The predicted octanol–water partition coefficient (Wildman–Crippen LogP) is 3.14. The van der Waals surface area contributed by atoms with Gasteiger partial charge >= 0.3 is 0 Å². The van der Waals surface area contributed by atoms with Crippen molar-refractivity contribution in [3.05, 3.63) is 34.9 Å². The number of nitrogens with zero attached hydrogens (tertiary/aromatic N) is 1. The summed E-state index contributed by atoms with van der Waals surface area (Å²) in [6.45, 7) is 4.01. The van der Waals surface area contributed by atoms with Gasteiger partial charge in [-0.15, -0.1) is 0 Å². The molecule has 16 heavy (non-hydrogen) atoms. The highest BCUT2D eigenvalue weighted by atomic mass is 35.5. The molecule has 88 valence electrons. The quantitative estimate of drug-likeness (QED) is 0.791. The third-order valence-corrected chi connectivity index (χ3v) is 3.10. The van der Waals surface area contributed by atoms with E-state index in [1.807, 2.05) is 45.2 Å². The van der Waals surface area contributed by atoms with Crippen LogP contribution in [0.3, 0.4) is 0 Å². The summed E-state index contributed by atoms with van der Waals surface area (Å²) in [6.07, 6.45) is 1.22. The van der Waals surface area contributed by atoms with Crippen molar-refractivity contribution in [3.63, 3.8) is 0 Å². The number of benzene rings is 1. The lowest BCUT2D eigenvalue weighted by molar-refractivity contribution is -0.131. The van der Waals surface area contributed by atoms with E-state index in [1.165, 1.54) is 0 Å². The minimum atomic E-state index is 0.162. The summed E-state index contributed by atoms with van der Waals surface area (Å²) >= 11 is 6.02. The number of carbonyl (C=O) groups is 1. The minimum Gasteiger partial charge on any atom is -0.343 e. The Hall–Kier alpha value is -1.02. The van der Waals surface area contributed by atoms with Crippen molar-refractivity contribution in [1.29, 1.82) is 0 Å². The van der Waals surface area contributed by atoms with Gasteiger partial charge in [0, 0.05) is 24.5 Å². The minimum absolute atomic E-state index is 0.162. The fourth-order valence-electron chi connectivity index (χ4n) is 1.41. The van der Waals surface area contributed by atoms with Gasteiger partial charge in [-0.3, -0.25) is 4.79 Å². The van der Waals surface area contributed by atoms with Crippen LogP contribution < -0.4 is 0 Å². The maximum absolute atomic E-state index is 11.8. The Morgan fingerprint density at radius 2 is 2.00 bits per heavy atom. The van der Waals surface area contributed by atoms with Crippen LogP contribution >= 0.6 is 11.6 Å². The summed E-state index contributed by atoms with van der Waals surface area (Å²) in [5.74, 6) is 0.162. The van der Waals surface area contributed by atoms with E-state index in [0.29, 0.717) is 12.8 Å². The standard InChI is InChI=1S/C13H18ClNO/c1-10(2)15(3)13(16)9-8-11-6-4-5-7-12(11)14/h4-7,10H,8-9H2,1-3H3. The van der Waals surface area contributed by atoms with Gasteiger partial charge in [0.25, 0.3) is 0 Å². The molecule has 0 saturated heterocycles. The van der Waals surface area contributed by atoms with Crippen molar-refractivity contribution in [3.8, 4) is 0 Å². The molecule has 0 bridgehead atoms. The molecule has 0 unspecified atom stereocenters. The molecule has 3 heteroatoms. The molecule has 0 radical (unpaired) electrons. The molecule has 1 aromatic carbocycles. The lowest BCUT2D eigenvalue weighted by Crippen LogP contribution is -2.33. The van der Waals surface area contributed by atoms with Crippen LogP contribution in [0.1, 0.15) is 25.8 Å². The first-order chi connectivity index (χ1) is 7.52. The first-order valence-corrected chi connectivity index (χ1v) is 5.89. The van der Waals surface area contributed by atoms with E-state index in [1.54, 1.807) is 4.90 Å². The van der Waals surface area contributed by atoms with Gasteiger partial charge in [-0.2, -0.15) is 0 Å². The second-order valence-electron chi connectivity index (χ2n) is 4.19. The van der Waals surface area contributed by atoms with Crippen molar-refractivity contribution >= 4 is 17.5 Å². The molecule has 1 aromatic rings. The number of carbonyl (C=O) groups excluding carboxylic acids is 1. The van der Waals surface area contributed by atoms with Crippen LogP contribution in [0.5, 0.6) is 0 Å². The van der Waals surface area contributed by atoms with Crippen molar-refractivity contribution in [2.75, 3.05) is 7.05 Å². The van der Waals surface area contributed by atoms with Crippen LogP contribution in [0.15, 0.2) is 24.3 Å². The Morgan fingerprint density at radius 3 is 2.56 bits per heavy atom. The molecule has 0 atom stereocenters. The summed E-state index contributed by atoms with van der Waals surface area (Å²) in [7, 11) is 1.83. The van der Waals surface area contributed by atoms with E-state index in [2.05, 4.69) is 0 Å². The molecule has 2 nitrogen and oxygen atoms in total. The summed E-state index contributed by atoms with van der Waals surface area (Å²) in [5.41, 5.74) is 1.04. The Morgan fingerprint density at radius 1 is 1.38 bits per heavy atom. The second-order valence-corrected chi connectivity index (χ2v) is 4.60. The van der Waals surface area contributed by atoms with E-state index in [-0.39, 0.29) is 11.9 Å². The summed E-state index contributed by atoms with van der Waals surface area (Å²) in [6, 6.07) is 7.91. The molecule has 1 rings (SSSR count). The fraction of sp³-hybridized carbons (Fsp3) is 0.462. The highest BCUT2D eigenvalue weighted by Gasteiger charge is 2.12. The summed E-state index contributed by atoms with van der Waals surface area (Å²) < 4.78 is 0. The first kappa shape index (κ1) is 13.0. The molecular formula is C13H18ClNO. The molecular weight excluding hydrogens is 222 g/mol. The van der Waals surface area contributed by atoms with Crippen molar-refractivity contribution < 1.29 is 4.79 Å². The number of hydrogen-bond donors (Lipinski definition) is 0. The van der Waals surface area contributed by atoms with E-state index in [9.17, 15) is 4.79 Å². The zero-order chi connectivity index (χ0) is 12.1. The molecule has 0 aliphatic heterocycles. The number of halogens is 1. The van der Waals surface area contributed by atoms with Gasteiger partial charge in [0.1, 0.15) is 0 Å². The highest BCUT2D eigenvalue weighted by molar-refractivity contribution is 6.31. The predicted molar refractivity (Wildman–Crippen MR) is 67.7 cm³/mol. The normalized spacial score (nSPS) is 10.6. The molecule has 0 aromatic heterocycles. The average Bonchev–Trinajstić information content (AvgIpc) is 2.26. The third-order valence-electron chi connectivity index (χ3n) is 2.73. The molecule has 0 aliphatic carbocycles. The van der Waals surface area contributed by atoms with Crippen LogP contribution in [0, 0.1) is 0 Å². The van der Waals surface area contributed by atoms with Crippen molar-refractivity contribution in [2.45, 2.75) is 32.7 Å². The number of amides is 1. The smallest absolute Gasteiger partial charge is 0.222 e. The van der Waals surface area contributed by atoms with Gasteiger partial charge < -0.3 is 4.90 Å². The lowest BCUT2D eigenvalue weighted by Gasteiger charge is -2.21. The lowest BCUT2D eigenvalue weighted by atomic mass is 10.1. The zero-order valence-electron chi connectivity index (χ0n) is 10.0. The number of rotatable bonds is 4. The van der Waals surface area contributed by atoms with Gasteiger partial charge in [0.2, 0.25) is 5.91 Å². The molecule has 1 amide bonds. The maximum atomic E-state index is 11.8. The molecule has 0 spiro atoms. The highest BCUT2D eigenvalue weighted by Crippen LogP contribution is 2.17. The molecule has 0 heterocycles. The van der Waals surface area contributed by atoms with Crippen LogP contribution in [0.2, 0.25) is 5.02 Å². The van der Waals surface area contributed by atoms with E-state index >= 15 is 0 Å². The molecule has 0 saturated carbocycles. The largest absolute Gasteiger partial charge is 0.343 e. The van der Waals surface area contributed by atoms with Crippen LogP contribution in [0.4, 0.5) is 0 Å². The van der Waals surface area contributed by atoms with E-state index in [0.717, 1.165) is 10.6 Å². The Bertz CT molecular complexity index is 363. The summed E-state index contributed by atoms with van der Waals surface area (Å²) in [5, 5.41) is 0.738. The van der Waals surface area contributed by atoms with E-state index in [4.69, 9.17) is 11.6 Å². The average molecular weight is 240 g/mol. The van der Waals surface area contributed by atoms with Gasteiger partial charge in [-0.25, -0.2) is 0 Å². The van der Waals surface area contributed by atoms with Gasteiger partial charge in [0.15, 0.2) is 0 Å². The SMILES string of the molecule is CC(C)N(C)C(=O)CCc1ccccc1Cl. The third kappa shape index (κ3) is 3.53. The fourth-order valence-corrected chi connectivity index (χ4v) is 1.64. The number of aryl methyl sites for hydroxylation is 1. The van der Waals surface area contributed by atoms with Crippen molar-refractivity contribution in [2.24, 2.45) is 0 Å². The number of hydrogen-bond acceptors (Lipinski definition) is 1. The Balaban J connectivity index is 2.52. The Labute approximate surface area is 102 Å². The zero-order valence-corrected chi connectivity index (χ0v) is 10.8. The van der Waals surface area contributed by atoms with E-state index < -0.39 is 0 Å². The Kier molecular flexibility index (Phi) is 4.81. The first-order valence-electron chi connectivity index (χ1n) is 5.51. The molecule has 0 aliphatic rings. The van der Waals surface area contributed by atoms with Gasteiger partial charge in [0.05, 0.1) is 0 Å². The van der Waals surface area contributed by atoms with Crippen LogP contribution in [-0.4, -0.2) is 23.9 Å². The van der Waals surface area contributed by atoms with Gasteiger partial charge in [-0.05, 0) is 31.9 Å². The molecule has 0 N–H and O–H groups in total. The maximum Gasteiger partial charge on any atom is 0.222 e. The monoisotopic (exact) mass is 239 g/mol. The van der Waals surface area contributed by atoms with Crippen LogP contribution in [-0.2, 0) is 11.2 Å². The second kappa shape index (κ2) is 5.90. The van der Waals surface area contributed by atoms with Crippen LogP contribution in [0.25, 0.3) is 0 Å². The van der Waals surface area contributed by atoms with Crippen molar-refractivity contribution in [1.82, 2.24) is 4.90 Å². The molecule has 0 fully saturated rings. The van der Waals surface area contributed by atoms with Gasteiger partial charge in [-0.1, -0.05) is 29.8 Å². The topological polar surface area (TPSA) is 20.3 Å². The summed E-state index contributed by atoms with van der Waals surface area (Å²) in [4.78, 5) is 13.5.